The number of amides is 1. The first kappa shape index (κ1) is 20.0. The van der Waals surface area contributed by atoms with Gasteiger partial charge in [-0.3, -0.25) is 9.69 Å². The number of phenols is 1. The molecule has 1 heterocycles. The summed E-state index contributed by atoms with van der Waals surface area (Å²) in [5.74, 6) is 0.472. The third-order valence-electron chi connectivity index (χ3n) is 3.37. The normalized spacial score (nSPS) is 15.0. The average molecular weight is 336 g/mol. The van der Waals surface area contributed by atoms with Crippen molar-refractivity contribution in [1.29, 1.82) is 0 Å². The second-order valence-corrected chi connectivity index (χ2v) is 4.86. The van der Waals surface area contributed by atoms with Gasteiger partial charge >= 0.3 is 0 Å². The standard InChI is InChI=1S/C14H21N3O2.2ClH/c1-15-10-14(19)17-7-5-16(6-8-17)11-12-3-2-4-13(18)9-12;;/h2-4,9,15,18H,5-8,10-11H2,1H3;2*1H. The molecule has 0 saturated carbocycles. The molecule has 2 rings (SSSR count). The van der Waals surface area contributed by atoms with E-state index in [4.69, 9.17) is 0 Å². The van der Waals surface area contributed by atoms with Crippen molar-refractivity contribution >= 4 is 30.7 Å². The van der Waals surface area contributed by atoms with E-state index in [0.29, 0.717) is 12.3 Å². The third kappa shape index (κ3) is 6.09. The first-order valence-electron chi connectivity index (χ1n) is 6.61. The molecule has 7 heteroatoms. The van der Waals surface area contributed by atoms with Crippen molar-refractivity contribution in [2.75, 3.05) is 39.8 Å². The van der Waals surface area contributed by atoms with Crippen molar-refractivity contribution in [3.8, 4) is 5.75 Å². The Morgan fingerprint density at radius 2 is 1.90 bits per heavy atom. The summed E-state index contributed by atoms with van der Waals surface area (Å²) in [5, 5.41) is 12.3. The second-order valence-electron chi connectivity index (χ2n) is 4.86. The smallest absolute Gasteiger partial charge is 0.236 e. The lowest BCUT2D eigenvalue weighted by molar-refractivity contribution is -0.131. The van der Waals surface area contributed by atoms with E-state index in [2.05, 4.69) is 10.2 Å². The number of carbonyl (C=O) groups excluding carboxylic acids is 1. The Morgan fingerprint density at radius 1 is 1.24 bits per heavy atom. The summed E-state index contributed by atoms with van der Waals surface area (Å²) in [5.41, 5.74) is 1.11. The van der Waals surface area contributed by atoms with Gasteiger partial charge in [0.1, 0.15) is 5.75 Å². The van der Waals surface area contributed by atoms with Crippen LogP contribution in [-0.2, 0) is 11.3 Å². The molecule has 21 heavy (non-hydrogen) atoms. The maximum atomic E-state index is 11.7. The number of nitrogens with zero attached hydrogens (tertiary/aromatic N) is 2. The largest absolute Gasteiger partial charge is 0.508 e. The fourth-order valence-electron chi connectivity index (χ4n) is 2.33. The highest BCUT2D eigenvalue weighted by Crippen LogP contribution is 2.14. The average Bonchev–Trinajstić information content (AvgIpc) is 2.40. The lowest BCUT2D eigenvalue weighted by atomic mass is 10.2. The Morgan fingerprint density at radius 3 is 2.48 bits per heavy atom. The van der Waals surface area contributed by atoms with Crippen molar-refractivity contribution in [2.45, 2.75) is 6.54 Å². The Hall–Kier alpha value is -1.01. The highest BCUT2D eigenvalue weighted by atomic mass is 35.5. The molecule has 0 radical (unpaired) electrons. The van der Waals surface area contributed by atoms with Gasteiger partial charge in [0.25, 0.3) is 0 Å². The van der Waals surface area contributed by atoms with Gasteiger partial charge in [-0.1, -0.05) is 12.1 Å². The fraction of sp³-hybridized carbons (Fsp3) is 0.500. The van der Waals surface area contributed by atoms with Crippen LogP contribution in [0.1, 0.15) is 5.56 Å². The van der Waals surface area contributed by atoms with Crippen LogP contribution in [0.5, 0.6) is 5.75 Å². The number of phenolic OH excluding ortho intramolecular Hbond substituents is 1. The van der Waals surface area contributed by atoms with Gasteiger partial charge < -0.3 is 15.3 Å². The number of aromatic hydroxyl groups is 1. The van der Waals surface area contributed by atoms with E-state index in [1.165, 1.54) is 0 Å². The highest BCUT2D eigenvalue weighted by molar-refractivity contribution is 5.85. The summed E-state index contributed by atoms with van der Waals surface area (Å²) >= 11 is 0. The van der Waals surface area contributed by atoms with Crippen LogP contribution >= 0.6 is 24.8 Å². The molecule has 1 fully saturated rings. The first-order valence-corrected chi connectivity index (χ1v) is 6.61. The maximum Gasteiger partial charge on any atom is 0.236 e. The summed E-state index contributed by atoms with van der Waals surface area (Å²) in [4.78, 5) is 15.9. The number of halogens is 2. The summed E-state index contributed by atoms with van der Waals surface area (Å²) in [6, 6.07) is 7.34. The molecule has 120 valence electrons. The molecule has 1 aliphatic heterocycles. The van der Waals surface area contributed by atoms with Gasteiger partial charge in [0.05, 0.1) is 6.54 Å². The molecule has 5 nitrogen and oxygen atoms in total. The van der Waals surface area contributed by atoms with Gasteiger partial charge in [-0.25, -0.2) is 0 Å². The van der Waals surface area contributed by atoms with Crippen LogP contribution in [0.15, 0.2) is 24.3 Å². The Labute approximate surface area is 138 Å². The summed E-state index contributed by atoms with van der Waals surface area (Å²) in [7, 11) is 1.79. The SMILES string of the molecule is CNCC(=O)N1CCN(Cc2cccc(O)c2)CC1.Cl.Cl. The van der Waals surface area contributed by atoms with Gasteiger partial charge in [0.2, 0.25) is 5.91 Å². The van der Waals surface area contributed by atoms with Crippen molar-refractivity contribution in [3.05, 3.63) is 29.8 Å². The Balaban J connectivity index is 0.00000200. The molecular formula is C14H23Cl2N3O2. The van der Waals surface area contributed by atoms with Gasteiger partial charge in [0.15, 0.2) is 0 Å². The fourth-order valence-corrected chi connectivity index (χ4v) is 2.33. The van der Waals surface area contributed by atoms with Gasteiger partial charge in [0, 0.05) is 32.7 Å². The minimum Gasteiger partial charge on any atom is -0.508 e. The quantitative estimate of drug-likeness (QED) is 0.865. The van der Waals surface area contributed by atoms with E-state index >= 15 is 0 Å². The predicted octanol–water partition coefficient (Wildman–Crippen LogP) is 1.10. The van der Waals surface area contributed by atoms with E-state index in [0.717, 1.165) is 38.3 Å². The van der Waals surface area contributed by atoms with Crippen molar-refractivity contribution < 1.29 is 9.90 Å². The highest BCUT2D eigenvalue weighted by Gasteiger charge is 2.20. The number of rotatable bonds is 4. The Kier molecular flexibility index (Phi) is 9.37. The molecule has 0 unspecified atom stereocenters. The van der Waals surface area contributed by atoms with Crippen LogP contribution < -0.4 is 5.32 Å². The molecular weight excluding hydrogens is 313 g/mol. The van der Waals surface area contributed by atoms with Gasteiger partial charge in [-0.2, -0.15) is 0 Å². The molecule has 0 spiro atoms. The number of likely N-dealkylation sites (N-methyl/N-ethyl adjacent to an activating group) is 1. The van der Waals surface area contributed by atoms with Crippen molar-refractivity contribution in [3.63, 3.8) is 0 Å². The lowest BCUT2D eigenvalue weighted by Crippen LogP contribution is -2.50. The van der Waals surface area contributed by atoms with E-state index in [-0.39, 0.29) is 30.7 Å². The predicted molar refractivity (Wildman–Crippen MR) is 88.4 cm³/mol. The summed E-state index contributed by atoms with van der Waals surface area (Å²) < 4.78 is 0. The van der Waals surface area contributed by atoms with Crippen LogP contribution in [0, 0.1) is 0 Å². The zero-order valence-corrected chi connectivity index (χ0v) is 13.8. The van der Waals surface area contributed by atoms with Crippen LogP contribution in [0.25, 0.3) is 0 Å². The number of nitrogens with one attached hydrogen (secondary N) is 1. The monoisotopic (exact) mass is 335 g/mol. The first-order chi connectivity index (χ1) is 9.19. The molecule has 0 aromatic heterocycles. The zero-order chi connectivity index (χ0) is 13.7. The second kappa shape index (κ2) is 9.84. The molecule has 0 bridgehead atoms. The minimum atomic E-state index is 0. The molecule has 0 aliphatic carbocycles. The molecule has 2 N–H and O–H groups in total. The van der Waals surface area contributed by atoms with Crippen LogP contribution in [0.4, 0.5) is 0 Å². The molecule has 0 atom stereocenters. The van der Waals surface area contributed by atoms with E-state index in [1.54, 1.807) is 19.2 Å². The van der Waals surface area contributed by atoms with E-state index in [9.17, 15) is 9.90 Å². The van der Waals surface area contributed by atoms with Crippen molar-refractivity contribution in [1.82, 2.24) is 15.1 Å². The Bertz CT molecular complexity index is 438. The zero-order valence-electron chi connectivity index (χ0n) is 12.1. The number of piperazine rings is 1. The lowest BCUT2D eigenvalue weighted by Gasteiger charge is -2.34. The molecule has 1 aromatic carbocycles. The van der Waals surface area contributed by atoms with Crippen LogP contribution in [-0.4, -0.2) is 60.6 Å². The van der Waals surface area contributed by atoms with E-state index in [1.807, 2.05) is 17.0 Å². The van der Waals surface area contributed by atoms with Gasteiger partial charge in [-0.15, -0.1) is 24.8 Å². The number of carbonyl (C=O) groups is 1. The molecule has 1 aliphatic rings. The van der Waals surface area contributed by atoms with Gasteiger partial charge in [-0.05, 0) is 24.7 Å². The summed E-state index contributed by atoms with van der Waals surface area (Å²) in [6.07, 6.45) is 0. The number of hydrogen-bond acceptors (Lipinski definition) is 4. The van der Waals surface area contributed by atoms with Crippen molar-refractivity contribution in [2.24, 2.45) is 0 Å². The minimum absolute atomic E-state index is 0. The molecule has 1 saturated heterocycles. The van der Waals surface area contributed by atoms with E-state index < -0.39 is 0 Å². The number of benzene rings is 1. The van der Waals surface area contributed by atoms with Crippen LogP contribution in [0.3, 0.4) is 0 Å². The molecule has 1 amide bonds. The molecule has 1 aromatic rings. The summed E-state index contributed by atoms with van der Waals surface area (Å²) in [6.45, 7) is 4.55. The third-order valence-corrected chi connectivity index (χ3v) is 3.37. The number of hydrogen-bond donors (Lipinski definition) is 2. The maximum absolute atomic E-state index is 11.7. The topological polar surface area (TPSA) is 55.8 Å². The van der Waals surface area contributed by atoms with Crippen LogP contribution in [0.2, 0.25) is 0 Å².